The van der Waals surface area contributed by atoms with Gasteiger partial charge in [0.05, 0.1) is 22.3 Å². The van der Waals surface area contributed by atoms with Crippen LogP contribution in [0, 0.1) is 11.3 Å². The lowest BCUT2D eigenvalue weighted by molar-refractivity contribution is 0.481. The van der Waals surface area contributed by atoms with Crippen molar-refractivity contribution >= 4 is 17.3 Å². The third-order valence-corrected chi connectivity index (χ3v) is 3.46. The van der Waals surface area contributed by atoms with E-state index in [-0.39, 0.29) is 0 Å². The fraction of sp³-hybridized carbons (Fsp3) is 0.235. The van der Waals surface area contributed by atoms with Gasteiger partial charge in [0.2, 0.25) is 0 Å². The molecule has 0 radical (unpaired) electrons. The van der Waals surface area contributed by atoms with Gasteiger partial charge in [-0.1, -0.05) is 43.1 Å². The molecule has 0 aliphatic heterocycles. The highest BCUT2D eigenvalue weighted by Gasteiger charge is 2.16. The van der Waals surface area contributed by atoms with E-state index in [1.165, 1.54) is 0 Å². The van der Waals surface area contributed by atoms with Crippen molar-refractivity contribution in [2.45, 2.75) is 19.8 Å². The molecular weight excluding hydrogens is 298 g/mol. The summed E-state index contributed by atoms with van der Waals surface area (Å²) >= 11 is 6.28. The molecule has 2 aromatic rings. The smallest absolute Gasteiger partial charge is 0.170 e. The maximum atomic E-state index is 9.12. The number of halogens is 1. The monoisotopic (exact) mass is 315 g/mol. The number of anilines is 1. The van der Waals surface area contributed by atoms with Crippen LogP contribution < -0.4 is 15.6 Å². The number of hydrogen-bond donors (Lipinski definition) is 1. The van der Waals surface area contributed by atoms with E-state index in [4.69, 9.17) is 27.4 Å². The molecule has 22 heavy (non-hydrogen) atoms. The van der Waals surface area contributed by atoms with Crippen LogP contribution in [-0.2, 0) is 0 Å². The van der Waals surface area contributed by atoms with Gasteiger partial charge in [-0.2, -0.15) is 5.26 Å². The Balaban J connectivity index is 2.40. The Hall–Kier alpha value is -2.22. The van der Waals surface area contributed by atoms with E-state index in [0.717, 1.165) is 12.8 Å². The number of para-hydroxylation sites is 1. The third kappa shape index (κ3) is 3.91. The summed E-state index contributed by atoms with van der Waals surface area (Å²) in [5.74, 6) is 7.24. The minimum Gasteiger partial charge on any atom is -0.454 e. The summed E-state index contributed by atoms with van der Waals surface area (Å²) in [6, 6.07) is 14.7. The van der Waals surface area contributed by atoms with E-state index in [0.29, 0.717) is 34.3 Å². The van der Waals surface area contributed by atoms with Gasteiger partial charge in [-0.15, -0.1) is 0 Å². The summed E-state index contributed by atoms with van der Waals surface area (Å²) in [5.41, 5.74) is 1.06. The lowest BCUT2D eigenvalue weighted by Gasteiger charge is -2.22. The van der Waals surface area contributed by atoms with Crippen LogP contribution >= 0.6 is 11.6 Å². The van der Waals surface area contributed by atoms with Crippen LogP contribution in [0.3, 0.4) is 0 Å². The second-order valence-corrected chi connectivity index (χ2v) is 5.29. The molecule has 0 atom stereocenters. The van der Waals surface area contributed by atoms with Crippen molar-refractivity contribution in [2.75, 3.05) is 11.6 Å². The summed E-state index contributed by atoms with van der Waals surface area (Å²) in [7, 11) is 0. The van der Waals surface area contributed by atoms with Crippen molar-refractivity contribution in [2.24, 2.45) is 5.84 Å². The predicted octanol–water partition coefficient (Wildman–Crippen LogP) is 4.48. The molecule has 2 aromatic carbocycles. The van der Waals surface area contributed by atoms with E-state index in [9.17, 15) is 0 Å². The fourth-order valence-corrected chi connectivity index (χ4v) is 2.27. The van der Waals surface area contributed by atoms with E-state index in [2.05, 4.69) is 13.0 Å². The van der Waals surface area contributed by atoms with E-state index >= 15 is 0 Å². The number of nitrogens with two attached hydrogens (primary N) is 1. The highest BCUT2D eigenvalue weighted by molar-refractivity contribution is 6.32. The van der Waals surface area contributed by atoms with Gasteiger partial charge in [-0.05, 0) is 30.7 Å². The van der Waals surface area contributed by atoms with Gasteiger partial charge in [0.15, 0.2) is 5.75 Å². The van der Waals surface area contributed by atoms with Crippen molar-refractivity contribution in [1.29, 1.82) is 5.26 Å². The maximum absolute atomic E-state index is 9.12. The van der Waals surface area contributed by atoms with E-state index in [1.807, 2.05) is 30.3 Å². The number of rotatable bonds is 6. The molecule has 0 aliphatic rings. The molecule has 0 saturated carbocycles. The molecule has 0 aromatic heterocycles. The SMILES string of the molecule is CCCCN(N)c1cc(C#N)cc(Cl)c1Oc1ccccc1. The van der Waals surface area contributed by atoms with Crippen molar-refractivity contribution in [3.05, 3.63) is 53.1 Å². The molecule has 0 saturated heterocycles. The van der Waals surface area contributed by atoms with Crippen LogP contribution in [0.25, 0.3) is 0 Å². The first kappa shape index (κ1) is 16.2. The third-order valence-electron chi connectivity index (χ3n) is 3.18. The van der Waals surface area contributed by atoms with Gasteiger partial charge < -0.3 is 9.75 Å². The van der Waals surface area contributed by atoms with Crippen LogP contribution in [0.4, 0.5) is 5.69 Å². The number of hydrogen-bond acceptors (Lipinski definition) is 4. The number of nitriles is 1. The van der Waals surface area contributed by atoms with Crippen LogP contribution in [-0.4, -0.2) is 6.54 Å². The zero-order valence-corrected chi connectivity index (χ0v) is 13.2. The minimum atomic E-state index is 0.366. The molecule has 0 spiro atoms. The molecule has 0 fully saturated rings. The molecule has 0 heterocycles. The average Bonchev–Trinajstić information content (AvgIpc) is 2.55. The minimum absolute atomic E-state index is 0.366. The molecule has 5 heteroatoms. The van der Waals surface area contributed by atoms with Crippen LogP contribution in [0.1, 0.15) is 25.3 Å². The Labute approximate surface area is 135 Å². The van der Waals surface area contributed by atoms with Crippen molar-refractivity contribution in [3.8, 4) is 17.6 Å². The Bertz CT molecular complexity index is 668. The molecule has 114 valence electrons. The maximum Gasteiger partial charge on any atom is 0.170 e. The summed E-state index contributed by atoms with van der Waals surface area (Å²) in [4.78, 5) is 0. The quantitative estimate of drug-likeness (QED) is 0.630. The molecule has 0 unspecified atom stereocenters. The molecule has 0 aliphatic carbocycles. The number of ether oxygens (including phenoxy) is 1. The van der Waals surface area contributed by atoms with Crippen molar-refractivity contribution < 1.29 is 4.74 Å². The standard InChI is InChI=1S/C17H18ClN3O/c1-2-3-9-21(20)16-11-13(12-19)10-15(18)17(16)22-14-7-5-4-6-8-14/h4-8,10-11H,2-3,9,20H2,1H3. The second-order valence-electron chi connectivity index (χ2n) is 4.88. The van der Waals surface area contributed by atoms with Gasteiger partial charge in [0.1, 0.15) is 5.75 Å². The zero-order chi connectivity index (χ0) is 15.9. The van der Waals surface area contributed by atoms with E-state index < -0.39 is 0 Å². The second kappa shape index (κ2) is 7.69. The van der Waals surface area contributed by atoms with Crippen molar-refractivity contribution in [1.82, 2.24) is 0 Å². The highest BCUT2D eigenvalue weighted by atomic mass is 35.5. The number of benzene rings is 2. The molecule has 4 nitrogen and oxygen atoms in total. The van der Waals surface area contributed by atoms with Crippen LogP contribution in [0.5, 0.6) is 11.5 Å². The van der Waals surface area contributed by atoms with E-state index in [1.54, 1.807) is 17.1 Å². The van der Waals surface area contributed by atoms with Gasteiger partial charge >= 0.3 is 0 Å². The lowest BCUT2D eigenvalue weighted by atomic mass is 10.2. The van der Waals surface area contributed by atoms with Gasteiger partial charge in [-0.3, -0.25) is 0 Å². The van der Waals surface area contributed by atoms with Gasteiger partial charge in [-0.25, -0.2) is 5.84 Å². The number of hydrazine groups is 1. The first-order chi connectivity index (χ1) is 10.7. The van der Waals surface area contributed by atoms with Gasteiger partial charge in [0.25, 0.3) is 0 Å². The fourth-order valence-electron chi connectivity index (χ4n) is 2.01. The topological polar surface area (TPSA) is 62.3 Å². The Morgan fingerprint density at radius 1 is 1.27 bits per heavy atom. The summed E-state index contributed by atoms with van der Waals surface area (Å²) < 4.78 is 5.88. The highest BCUT2D eigenvalue weighted by Crippen LogP contribution is 2.39. The largest absolute Gasteiger partial charge is 0.454 e. The molecule has 2 rings (SSSR count). The van der Waals surface area contributed by atoms with Crippen molar-refractivity contribution in [3.63, 3.8) is 0 Å². The lowest BCUT2D eigenvalue weighted by Crippen LogP contribution is -2.32. The number of nitrogens with zero attached hydrogens (tertiary/aromatic N) is 2. The van der Waals surface area contributed by atoms with Crippen LogP contribution in [0.2, 0.25) is 5.02 Å². The zero-order valence-electron chi connectivity index (χ0n) is 12.4. The normalized spacial score (nSPS) is 10.1. The Morgan fingerprint density at radius 2 is 2.00 bits per heavy atom. The average molecular weight is 316 g/mol. The summed E-state index contributed by atoms with van der Waals surface area (Å²) in [5, 5.41) is 11.1. The molecular formula is C17H18ClN3O. The first-order valence-corrected chi connectivity index (χ1v) is 7.52. The molecule has 0 amide bonds. The summed E-state index contributed by atoms with van der Waals surface area (Å²) in [6.45, 7) is 2.75. The van der Waals surface area contributed by atoms with Gasteiger partial charge in [0, 0.05) is 6.54 Å². The van der Waals surface area contributed by atoms with Crippen LogP contribution in [0.15, 0.2) is 42.5 Å². The molecule has 2 N–H and O–H groups in total. The molecule has 0 bridgehead atoms. The Morgan fingerprint density at radius 3 is 2.64 bits per heavy atom. The Kier molecular flexibility index (Phi) is 5.65. The predicted molar refractivity (Wildman–Crippen MR) is 89.1 cm³/mol. The first-order valence-electron chi connectivity index (χ1n) is 7.14. The summed E-state index contributed by atoms with van der Waals surface area (Å²) in [6.07, 6.45) is 1.96. The number of unbranched alkanes of at least 4 members (excludes halogenated alkanes) is 1.